The highest BCUT2D eigenvalue weighted by Gasteiger charge is 2.38. The van der Waals surface area contributed by atoms with Crippen LogP contribution in [0.15, 0.2) is 0 Å². The zero-order chi connectivity index (χ0) is 13.1. The molecule has 0 aliphatic rings. The van der Waals surface area contributed by atoms with Crippen LogP contribution in [-0.4, -0.2) is 52.0 Å². The summed E-state index contributed by atoms with van der Waals surface area (Å²) in [7, 11) is 0. The average Bonchev–Trinajstić information content (AvgIpc) is 1.99. The van der Waals surface area contributed by atoms with Gasteiger partial charge in [-0.05, 0) is 20.8 Å². The number of halogens is 3. The lowest BCUT2D eigenvalue weighted by Crippen LogP contribution is -2.51. The minimum Gasteiger partial charge on any atom is -0.479 e. The van der Waals surface area contributed by atoms with Crippen molar-refractivity contribution in [1.82, 2.24) is 4.90 Å². The summed E-state index contributed by atoms with van der Waals surface area (Å²) in [4.78, 5) is 11.5. The van der Waals surface area contributed by atoms with Crippen molar-refractivity contribution in [2.75, 3.05) is 13.1 Å². The van der Waals surface area contributed by atoms with E-state index in [9.17, 15) is 23.1 Å². The molecule has 0 heterocycles. The molecule has 0 aliphatic carbocycles. The van der Waals surface area contributed by atoms with Crippen LogP contribution < -0.4 is 0 Å². The number of hydrogen-bond acceptors (Lipinski definition) is 3. The molecule has 0 aromatic rings. The Morgan fingerprint density at radius 2 is 1.75 bits per heavy atom. The van der Waals surface area contributed by atoms with E-state index in [1.807, 2.05) is 0 Å². The zero-order valence-electron chi connectivity index (χ0n) is 9.38. The highest BCUT2D eigenvalue weighted by atomic mass is 19.4. The lowest BCUT2D eigenvalue weighted by molar-refractivity contribution is -0.170. The van der Waals surface area contributed by atoms with Crippen LogP contribution in [0.1, 0.15) is 20.8 Å². The molecule has 1 atom stereocenters. The highest BCUT2D eigenvalue weighted by molar-refractivity contribution is 5.76. The number of carboxylic acids is 1. The van der Waals surface area contributed by atoms with Crippen LogP contribution in [0.3, 0.4) is 0 Å². The van der Waals surface area contributed by atoms with E-state index < -0.39 is 36.9 Å². The van der Waals surface area contributed by atoms with E-state index in [2.05, 4.69) is 0 Å². The van der Waals surface area contributed by atoms with Crippen molar-refractivity contribution in [3.63, 3.8) is 0 Å². The fourth-order valence-electron chi connectivity index (χ4n) is 1.11. The lowest BCUT2D eigenvalue weighted by atomic mass is 10.1. The standard InChI is InChI=1S/C9H16F3NO3/c1-6(2)13(5-9(10,11)12)4-8(3,16)7(14)15/h6,16H,4-5H2,1-3H3,(H,14,15). The number of aliphatic carboxylic acids is 1. The van der Waals surface area contributed by atoms with Crippen LogP contribution in [0.25, 0.3) is 0 Å². The van der Waals surface area contributed by atoms with E-state index in [0.717, 1.165) is 11.8 Å². The van der Waals surface area contributed by atoms with Crippen molar-refractivity contribution in [2.45, 2.75) is 38.6 Å². The molecule has 0 aromatic carbocycles. The maximum Gasteiger partial charge on any atom is 0.401 e. The Hall–Kier alpha value is -0.820. The maximum atomic E-state index is 12.2. The summed E-state index contributed by atoms with van der Waals surface area (Å²) in [5.74, 6) is -1.54. The molecule has 0 saturated carbocycles. The zero-order valence-corrected chi connectivity index (χ0v) is 9.38. The van der Waals surface area contributed by atoms with Gasteiger partial charge < -0.3 is 10.2 Å². The smallest absolute Gasteiger partial charge is 0.401 e. The minimum absolute atomic E-state index is 0.507. The Kier molecular flexibility index (Phi) is 4.75. The van der Waals surface area contributed by atoms with Crippen molar-refractivity contribution in [1.29, 1.82) is 0 Å². The number of carboxylic acid groups (broad SMARTS) is 1. The van der Waals surface area contributed by atoms with Crippen molar-refractivity contribution in [2.24, 2.45) is 0 Å². The highest BCUT2D eigenvalue weighted by Crippen LogP contribution is 2.20. The van der Waals surface area contributed by atoms with E-state index in [4.69, 9.17) is 5.11 Å². The number of alkyl halides is 3. The van der Waals surface area contributed by atoms with E-state index in [1.165, 1.54) is 13.8 Å². The monoisotopic (exact) mass is 243 g/mol. The molecule has 0 spiro atoms. The van der Waals surface area contributed by atoms with Crippen molar-refractivity contribution >= 4 is 5.97 Å². The first-order valence-corrected chi connectivity index (χ1v) is 4.72. The van der Waals surface area contributed by atoms with Gasteiger partial charge in [-0.3, -0.25) is 4.90 Å². The van der Waals surface area contributed by atoms with Crippen molar-refractivity contribution in [3.8, 4) is 0 Å². The van der Waals surface area contributed by atoms with Crippen molar-refractivity contribution in [3.05, 3.63) is 0 Å². The molecular formula is C9H16F3NO3. The molecule has 16 heavy (non-hydrogen) atoms. The van der Waals surface area contributed by atoms with E-state index in [1.54, 1.807) is 0 Å². The molecule has 96 valence electrons. The first kappa shape index (κ1) is 15.2. The average molecular weight is 243 g/mol. The summed E-state index contributed by atoms with van der Waals surface area (Å²) in [6.07, 6.45) is -4.42. The Labute approximate surface area is 91.7 Å². The Balaban J connectivity index is 4.65. The molecule has 0 rings (SSSR count). The quantitative estimate of drug-likeness (QED) is 0.759. The third-order valence-electron chi connectivity index (χ3n) is 2.08. The number of nitrogens with zero attached hydrogens (tertiary/aromatic N) is 1. The van der Waals surface area contributed by atoms with Gasteiger partial charge in [0.15, 0.2) is 5.60 Å². The Bertz CT molecular complexity index is 251. The normalized spacial score (nSPS) is 16.6. The summed E-state index contributed by atoms with van der Waals surface area (Å²) in [5, 5.41) is 18.0. The number of carbonyl (C=O) groups is 1. The van der Waals surface area contributed by atoms with Gasteiger partial charge in [0, 0.05) is 12.6 Å². The predicted octanol–water partition coefficient (Wildman–Crippen LogP) is 1.09. The van der Waals surface area contributed by atoms with Crippen LogP contribution in [0, 0.1) is 0 Å². The Morgan fingerprint density at radius 3 is 2.00 bits per heavy atom. The van der Waals surface area contributed by atoms with Gasteiger partial charge in [0.05, 0.1) is 6.54 Å². The van der Waals surface area contributed by atoms with Gasteiger partial charge in [-0.2, -0.15) is 13.2 Å². The fourth-order valence-corrected chi connectivity index (χ4v) is 1.11. The third-order valence-corrected chi connectivity index (χ3v) is 2.08. The summed E-state index contributed by atoms with van der Waals surface area (Å²) in [6.45, 7) is 2.17. The van der Waals surface area contributed by atoms with Gasteiger partial charge >= 0.3 is 12.1 Å². The molecule has 0 amide bonds. The third kappa shape index (κ3) is 5.32. The second-order valence-corrected chi connectivity index (χ2v) is 4.19. The van der Waals surface area contributed by atoms with Crippen LogP contribution in [0.2, 0.25) is 0 Å². The number of rotatable bonds is 5. The van der Waals surface area contributed by atoms with E-state index in [0.29, 0.717) is 0 Å². The molecule has 4 nitrogen and oxygen atoms in total. The number of hydrogen-bond donors (Lipinski definition) is 2. The maximum absolute atomic E-state index is 12.2. The van der Waals surface area contributed by atoms with Gasteiger partial charge in [0.25, 0.3) is 0 Å². The van der Waals surface area contributed by atoms with Gasteiger partial charge in [-0.25, -0.2) is 4.79 Å². The topological polar surface area (TPSA) is 60.8 Å². The van der Waals surface area contributed by atoms with Crippen molar-refractivity contribution < 1.29 is 28.2 Å². The van der Waals surface area contributed by atoms with Gasteiger partial charge in [0.1, 0.15) is 0 Å². The van der Waals surface area contributed by atoms with Gasteiger partial charge in [-0.15, -0.1) is 0 Å². The van der Waals surface area contributed by atoms with E-state index in [-0.39, 0.29) is 0 Å². The minimum atomic E-state index is -4.42. The SMILES string of the molecule is CC(C)N(CC(F)(F)F)CC(C)(O)C(=O)O. The molecule has 0 saturated heterocycles. The first-order valence-electron chi connectivity index (χ1n) is 4.72. The van der Waals surface area contributed by atoms with Crippen LogP contribution in [0.4, 0.5) is 13.2 Å². The molecule has 0 radical (unpaired) electrons. The summed E-state index contributed by atoms with van der Waals surface area (Å²) < 4.78 is 36.5. The molecule has 1 unspecified atom stereocenters. The molecule has 0 fully saturated rings. The second-order valence-electron chi connectivity index (χ2n) is 4.19. The largest absolute Gasteiger partial charge is 0.479 e. The summed E-state index contributed by atoms with van der Waals surface area (Å²) >= 11 is 0. The molecule has 2 N–H and O–H groups in total. The van der Waals surface area contributed by atoms with Crippen LogP contribution >= 0.6 is 0 Å². The molecule has 0 aromatic heterocycles. The lowest BCUT2D eigenvalue weighted by Gasteiger charge is -2.32. The molecular weight excluding hydrogens is 227 g/mol. The van der Waals surface area contributed by atoms with E-state index >= 15 is 0 Å². The molecule has 0 aliphatic heterocycles. The van der Waals surface area contributed by atoms with Crippen LogP contribution in [0.5, 0.6) is 0 Å². The van der Waals surface area contributed by atoms with Crippen LogP contribution in [-0.2, 0) is 4.79 Å². The van der Waals surface area contributed by atoms with Gasteiger partial charge in [0.2, 0.25) is 0 Å². The number of aliphatic hydroxyl groups is 1. The van der Waals surface area contributed by atoms with Gasteiger partial charge in [-0.1, -0.05) is 0 Å². The Morgan fingerprint density at radius 1 is 1.31 bits per heavy atom. The predicted molar refractivity (Wildman–Crippen MR) is 51.0 cm³/mol. The molecule has 7 heteroatoms. The first-order chi connectivity index (χ1) is 6.96. The fraction of sp³-hybridized carbons (Fsp3) is 0.889. The summed E-state index contributed by atoms with van der Waals surface area (Å²) in [6, 6.07) is -0.507. The summed E-state index contributed by atoms with van der Waals surface area (Å²) in [5.41, 5.74) is -2.18. The second kappa shape index (κ2) is 5.01. The molecule has 0 bridgehead atoms.